The molecule has 3 aromatic heterocycles. The van der Waals surface area contributed by atoms with E-state index in [1.165, 1.54) is 0 Å². The van der Waals surface area contributed by atoms with Crippen LogP contribution in [0.1, 0.15) is 78.7 Å². The number of aromatic carboxylic acids is 1. The lowest BCUT2D eigenvalue weighted by molar-refractivity contribution is 0.0507. The van der Waals surface area contributed by atoms with E-state index in [0.29, 0.717) is 53.6 Å². The van der Waals surface area contributed by atoms with Crippen LogP contribution in [0.25, 0.3) is 22.2 Å². The van der Waals surface area contributed by atoms with E-state index in [-0.39, 0.29) is 17.3 Å². The highest BCUT2D eigenvalue weighted by molar-refractivity contribution is 5.99. The van der Waals surface area contributed by atoms with Crippen LogP contribution in [0.2, 0.25) is 0 Å². The standard InChI is InChI=1S/C32H36FN5O3.C2H6/c1-7-12-36-17-24(22-9-8-19(2)25(33)16-22)23-10-11-26(35-29(23)36)30(39)38-14-13-37(18-32(38,5)6)27-15-20(3)28(31(40)41)21(4)34-27;1-2/h8-11,15-17H,7,12-14,18H2,1-6H3,(H,40,41);1-2H3. The van der Waals surface area contributed by atoms with Crippen LogP contribution in [0.4, 0.5) is 10.2 Å². The highest BCUT2D eigenvalue weighted by Crippen LogP contribution is 2.33. The summed E-state index contributed by atoms with van der Waals surface area (Å²) < 4.78 is 16.4. The molecule has 1 saturated heterocycles. The maximum atomic E-state index is 14.4. The third-order valence-electron chi connectivity index (χ3n) is 7.96. The van der Waals surface area contributed by atoms with Crippen LogP contribution in [0, 0.1) is 26.6 Å². The third-order valence-corrected chi connectivity index (χ3v) is 7.96. The number of hydrogen-bond donors (Lipinski definition) is 1. The minimum atomic E-state index is -0.984. The molecular weight excluding hydrogens is 545 g/mol. The Hall–Kier alpha value is -4.27. The normalized spacial score (nSPS) is 14.4. The van der Waals surface area contributed by atoms with Crippen molar-refractivity contribution in [2.75, 3.05) is 24.5 Å². The van der Waals surface area contributed by atoms with E-state index in [9.17, 15) is 19.1 Å². The number of hydrogen-bond acceptors (Lipinski definition) is 5. The van der Waals surface area contributed by atoms with E-state index in [0.717, 1.165) is 29.5 Å². The number of carbonyl (C=O) groups excluding carboxylic acids is 1. The van der Waals surface area contributed by atoms with Gasteiger partial charge < -0.3 is 19.5 Å². The van der Waals surface area contributed by atoms with Gasteiger partial charge >= 0.3 is 5.97 Å². The summed E-state index contributed by atoms with van der Waals surface area (Å²) in [7, 11) is 0. The molecule has 0 saturated carbocycles. The van der Waals surface area contributed by atoms with Gasteiger partial charge in [-0.1, -0.05) is 32.9 Å². The van der Waals surface area contributed by atoms with E-state index in [1.54, 1.807) is 45.0 Å². The molecule has 0 radical (unpaired) electrons. The first-order valence-electron chi connectivity index (χ1n) is 15.0. The Bertz CT molecular complexity index is 1650. The largest absolute Gasteiger partial charge is 0.478 e. The number of fused-ring (bicyclic) bond motifs is 1. The van der Waals surface area contributed by atoms with Crippen molar-refractivity contribution in [2.24, 2.45) is 0 Å². The van der Waals surface area contributed by atoms with Gasteiger partial charge in [0.25, 0.3) is 5.91 Å². The Labute approximate surface area is 253 Å². The van der Waals surface area contributed by atoms with Crippen LogP contribution in [-0.2, 0) is 6.54 Å². The van der Waals surface area contributed by atoms with Gasteiger partial charge in [0.1, 0.15) is 23.0 Å². The van der Waals surface area contributed by atoms with Crippen molar-refractivity contribution < 1.29 is 19.1 Å². The highest BCUT2D eigenvalue weighted by Gasteiger charge is 2.38. The van der Waals surface area contributed by atoms with Gasteiger partial charge in [0, 0.05) is 43.3 Å². The summed E-state index contributed by atoms with van der Waals surface area (Å²) in [5, 5.41) is 10.4. The minimum absolute atomic E-state index is 0.148. The van der Waals surface area contributed by atoms with Gasteiger partial charge in [-0.15, -0.1) is 0 Å². The zero-order valence-corrected chi connectivity index (χ0v) is 26.5. The van der Waals surface area contributed by atoms with Crippen LogP contribution >= 0.6 is 0 Å². The van der Waals surface area contributed by atoms with Gasteiger partial charge in [-0.2, -0.15) is 0 Å². The zero-order chi connectivity index (χ0) is 31.6. The van der Waals surface area contributed by atoms with Crippen molar-refractivity contribution in [3.63, 3.8) is 0 Å². The topological polar surface area (TPSA) is 91.6 Å². The molecule has 0 atom stereocenters. The van der Waals surface area contributed by atoms with Crippen LogP contribution < -0.4 is 4.90 Å². The second kappa shape index (κ2) is 12.5. The molecule has 1 aliphatic heterocycles. The predicted octanol–water partition coefficient (Wildman–Crippen LogP) is 7.04. The summed E-state index contributed by atoms with van der Waals surface area (Å²) in [6.07, 6.45) is 2.88. The predicted molar refractivity (Wildman–Crippen MR) is 170 cm³/mol. The van der Waals surface area contributed by atoms with Crippen molar-refractivity contribution >= 4 is 28.7 Å². The van der Waals surface area contributed by atoms with Crippen molar-refractivity contribution in [3.8, 4) is 11.1 Å². The molecule has 9 heteroatoms. The number of pyridine rings is 2. The van der Waals surface area contributed by atoms with Crippen molar-refractivity contribution in [2.45, 2.75) is 73.9 Å². The minimum Gasteiger partial charge on any atom is -0.478 e. The Balaban J connectivity index is 0.00000207. The Morgan fingerprint density at radius 3 is 2.33 bits per heavy atom. The lowest BCUT2D eigenvalue weighted by Crippen LogP contribution is -2.61. The molecule has 0 unspecified atom stereocenters. The number of carboxylic acids is 1. The maximum absolute atomic E-state index is 14.4. The summed E-state index contributed by atoms with van der Waals surface area (Å²) in [5.74, 6) is -0.673. The number of nitrogens with zero attached hydrogens (tertiary/aromatic N) is 5. The molecule has 1 aliphatic rings. The van der Waals surface area contributed by atoms with Gasteiger partial charge in [-0.3, -0.25) is 4.79 Å². The van der Waals surface area contributed by atoms with Crippen LogP contribution in [0.15, 0.2) is 42.6 Å². The van der Waals surface area contributed by atoms with Crippen LogP contribution in [0.3, 0.4) is 0 Å². The summed E-state index contributed by atoms with van der Waals surface area (Å²) in [6.45, 7) is 17.7. The molecule has 1 N–H and O–H groups in total. The maximum Gasteiger partial charge on any atom is 0.337 e. The molecule has 0 spiro atoms. The number of benzene rings is 1. The highest BCUT2D eigenvalue weighted by atomic mass is 19.1. The first-order chi connectivity index (χ1) is 20.4. The molecule has 228 valence electrons. The number of carboxylic acid groups (broad SMARTS) is 1. The van der Waals surface area contributed by atoms with Gasteiger partial charge in [0.05, 0.1) is 16.8 Å². The first-order valence-corrected chi connectivity index (χ1v) is 15.0. The summed E-state index contributed by atoms with van der Waals surface area (Å²) in [4.78, 5) is 38.8. The van der Waals surface area contributed by atoms with E-state index < -0.39 is 11.5 Å². The second-order valence-electron chi connectivity index (χ2n) is 11.5. The Kier molecular flexibility index (Phi) is 9.23. The molecule has 0 bridgehead atoms. The number of piperazine rings is 1. The van der Waals surface area contributed by atoms with Gasteiger partial charge in [-0.25, -0.2) is 19.2 Å². The molecule has 4 aromatic rings. The number of carbonyl (C=O) groups is 2. The Morgan fingerprint density at radius 1 is 1.00 bits per heavy atom. The molecule has 1 fully saturated rings. The smallest absolute Gasteiger partial charge is 0.337 e. The third kappa shape index (κ3) is 6.12. The fourth-order valence-electron chi connectivity index (χ4n) is 5.85. The van der Waals surface area contributed by atoms with E-state index >= 15 is 0 Å². The molecule has 43 heavy (non-hydrogen) atoms. The molecular formula is C34H42FN5O3. The van der Waals surface area contributed by atoms with Gasteiger partial charge in [-0.05, 0) is 82.0 Å². The summed E-state index contributed by atoms with van der Waals surface area (Å²) >= 11 is 0. The number of halogens is 1. The van der Waals surface area contributed by atoms with Crippen LogP contribution in [0.5, 0.6) is 0 Å². The average Bonchev–Trinajstić information content (AvgIpc) is 3.32. The quantitative estimate of drug-likeness (QED) is 0.260. The van der Waals surface area contributed by atoms with Crippen LogP contribution in [-0.4, -0.2) is 61.6 Å². The fraction of sp³-hybridized carbons (Fsp3) is 0.412. The van der Waals surface area contributed by atoms with E-state index in [4.69, 9.17) is 4.98 Å². The molecule has 1 aromatic carbocycles. The van der Waals surface area contributed by atoms with Crippen molar-refractivity contribution in [3.05, 3.63) is 76.5 Å². The lowest BCUT2D eigenvalue weighted by Gasteiger charge is -2.47. The van der Waals surface area contributed by atoms with Gasteiger partial charge in [0.2, 0.25) is 0 Å². The average molecular weight is 588 g/mol. The van der Waals surface area contributed by atoms with Crippen molar-refractivity contribution in [1.82, 2.24) is 19.4 Å². The monoisotopic (exact) mass is 587 g/mol. The SMILES string of the molecule is CC.CCCn1cc(-c2ccc(C)c(F)c2)c2ccc(C(=O)N3CCN(c4cc(C)c(C(=O)O)c(C)n4)CC3(C)C)nc21. The second-order valence-corrected chi connectivity index (χ2v) is 11.5. The number of aryl methyl sites for hydroxylation is 4. The Morgan fingerprint density at radius 2 is 1.72 bits per heavy atom. The van der Waals surface area contributed by atoms with E-state index in [1.807, 2.05) is 55.5 Å². The number of amides is 1. The molecule has 5 rings (SSSR count). The number of aromatic nitrogens is 3. The summed E-state index contributed by atoms with van der Waals surface area (Å²) in [6, 6.07) is 10.7. The number of anilines is 1. The first kappa shape index (κ1) is 31.7. The molecule has 1 amide bonds. The summed E-state index contributed by atoms with van der Waals surface area (Å²) in [5.41, 5.74) is 4.18. The zero-order valence-electron chi connectivity index (χ0n) is 26.5. The molecule has 0 aliphatic carbocycles. The van der Waals surface area contributed by atoms with E-state index in [2.05, 4.69) is 16.8 Å². The fourth-order valence-corrected chi connectivity index (χ4v) is 5.85. The number of rotatable bonds is 6. The molecule has 4 heterocycles. The lowest BCUT2D eigenvalue weighted by atomic mass is 9.97. The van der Waals surface area contributed by atoms with Gasteiger partial charge in [0.15, 0.2) is 0 Å². The molecule has 8 nitrogen and oxygen atoms in total. The van der Waals surface area contributed by atoms with Crippen molar-refractivity contribution in [1.29, 1.82) is 0 Å².